The van der Waals surface area contributed by atoms with Crippen LogP contribution in [0.4, 0.5) is 5.69 Å². The topological polar surface area (TPSA) is 70.7 Å². The molecule has 0 aromatic heterocycles. The summed E-state index contributed by atoms with van der Waals surface area (Å²) in [6.07, 6.45) is 6.40. The SMILES string of the molecule is CC1=C(C(=O)OC(C)C)C(c2ccc(NC(=O)CCC3CCCC3)cc2)NC(=S)N1C. The van der Waals surface area contributed by atoms with E-state index in [1.165, 1.54) is 25.7 Å². The first-order valence-corrected chi connectivity index (χ1v) is 11.5. The molecule has 0 radical (unpaired) electrons. The summed E-state index contributed by atoms with van der Waals surface area (Å²) < 4.78 is 5.48. The summed E-state index contributed by atoms with van der Waals surface area (Å²) in [6, 6.07) is 7.16. The lowest BCUT2D eigenvalue weighted by Gasteiger charge is -2.35. The van der Waals surface area contributed by atoms with Gasteiger partial charge in [0.05, 0.1) is 17.7 Å². The minimum absolute atomic E-state index is 0.0511. The Morgan fingerprint density at radius 2 is 1.87 bits per heavy atom. The van der Waals surface area contributed by atoms with Crippen LogP contribution in [-0.2, 0) is 14.3 Å². The third-order valence-corrected chi connectivity index (χ3v) is 6.49. The number of rotatable bonds is 7. The number of amides is 1. The molecule has 0 saturated heterocycles. The highest BCUT2D eigenvalue weighted by atomic mass is 32.1. The third kappa shape index (κ3) is 5.85. The number of allylic oxidation sites excluding steroid dienone is 1. The molecule has 1 aromatic carbocycles. The molecule has 1 heterocycles. The normalized spacial score (nSPS) is 19.6. The Bertz CT molecular complexity index is 857. The lowest BCUT2D eigenvalue weighted by atomic mass is 9.95. The second kappa shape index (κ2) is 10.3. The van der Waals surface area contributed by atoms with Crippen molar-refractivity contribution in [3.8, 4) is 0 Å². The summed E-state index contributed by atoms with van der Waals surface area (Å²) in [5.74, 6) is 0.394. The molecule has 3 rings (SSSR count). The van der Waals surface area contributed by atoms with Crippen molar-refractivity contribution in [3.63, 3.8) is 0 Å². The number of hydrogen-bond donors (Lipinski definition) is 2. The maximum absolute atomic E-state index is 12.8. The van der Waals surface area contributed by atoms with Gasteiger partial charge < -0.3 is 20.3 Å². The molecule has 1 unspecified atom stereocenters. The van der Waals surface area contributed by atoms with E-state index in [0.717, 1.165) is 23.4 Å². The van der Waals surface area contributed by atoms with Crippen LogP contribution in [0.1, 0.15) is 70.9 Å². The van der Waals surface area contributed by atoms with Crippen LogP contribution in [0.25, 0.3) is 0 Å². The predicted molar refractivity (Wildman–Crippen MR) is 126 cm³/mol. The fourth-order valence-corrected chi connectivity index (χ4v) is 4.50. The van der Waals surface area contributed by atoms with Gasteiger partial charge in [0.1, 0.15) is 0 Å². The number of benzene rings is 1. The number of nitrogens with one attached hydrogen (secondary N) is 2. The molecule has 1 aromatic rings. The summed E-state index contributed by atoms with van der Waals surface area (Å²) in [5.41, 5.74) is 2.94. The molecule has 168 valence electrons. The van der Waals surface area contributed by atoms with Gasteiger partial charge in [0.25, 0.3) is 0 Å². The van der Waals surface area contributed by atoms with Gasteiger partial charge in [-0.15, -0.1) is 0 Å². The van der Waals surface area contributed by atoms with E-state index in [1.54, 1.807) is 4.90 Å². The Kier molecular flexibility index (Phi) is 7.70. The Balaban J connectivity index is 1.71. The lowest BCUT2D eigenvalue weighted by Crippen LogP contribution is -2.46. The first-order valence-electron chi connectivity index (χ1n) is 11.1. The zero-order valence-corrected chi connectivity index (χ0v) is 19.7. The van der Waals surface area contributed by atoms with E-state index >= 15 is 0 Å². The molecule has 1 aliphatic heterocycles. The van der Waals surface area contributed by atoms with Gasteiger partial charge in [0.15, 0.2) is 5.11 Å². The molecule has 2 aliphatic rings. The lowest BCUT2D eigenvalue weighted by molar-refractivity contribution is -0.143. The van der Waals surface area contributed by atoms with E-state index in [1.807, 2.05) is 52.1 Å². The number of ether oxygens (including phenoxy) is 1. The summed E-state index contributed by atoms with van der Waals surface area (Å²) in [4.78, 5) is 26.9. The average Bonchev–Trinajstić information content (AvgIpc) is 3.24. The first-order chi connectivity index (χ1) is 14.8. The Labute approximate surface area is 190 Å². The van der Waals surface area contributed by atoms with Crippen molar-refractivity contribution in [3.05, 3.63) is 41.1 Å². The largest absolute Gasteiger partial charge is 0.459 e. The molecule has 0 bridgehead atoms. The third-order valence-electron chi connectivity index (χ3n) is 6.10. The minimum atomic E-state index is -0.401. The van der Waals surface area contributed by atoms with Crippen LogP contribution in [0.3, 0.4) is 0 Å². The van der Waals surface area contributed by atoms with Gasteiger partial charge in [-0.2, -0.15) is 0 Å². The number of carbonyl (C=O) groups is 2. The van der Waals surface area contributed by atoms with Crippen molar-refractivity contribution < 1.29 is 14.3 Å². The van der Waals surface area contributed by atoms with Gasteiger partial charge in [-0.25, -0.2) is 4.79 Å². The molecule has 1 fully saturated rings. The number of anilines is 1. The van der Waals surface area contributed by atoms with E-state index in [-0.39, 0.29) is 18.0 Å². The molecule has 0 spiro atoms. The van der Waals surface area contributed by atoms with Gasteiger partial charge in [0, 0.05) is 24.9 Å². The summed E-state index contributed by atoms with van der Waals surface area (Å²) in [7, 11) is 1.83. The highest BCUT2D eigenvalue weighted by molar-refractivity contribution is 7.80. The van der Waals surface area contributed by atoms with E-state index < -0.39 is 6.04 Å². The molecule has 2 N–H and O–H groups in total. The standard InChI is InChI=1S/C24H33N3O3S/c1-15(2)30-23(29)21-16(3)27(4)24(31)26-22(21)18-10-12-19(13-11-18)25-20(28)14-9-17-7-5-6-8-17/h10-13,15,17,22H,5-9,14H2,1-4H3,(H,25,28)(H,26,31). The molecular weight excluding hydrogens is 410 g/mol. The number of esters is 1. The van der Waals surface area contributed by atoms with Crippen LogP contribution in [0.15, 0.2) is 35.5 Å². The predicted octanol–water partition coefficient (Wildman–Crippen LogP) is 4.68. The van der Waals surface area contributed by atoms with E-state index in [9.17, 15) is 9.59 Å². The van der Waals surface area contributed by atoms with Gasteiger partial charge in [0.2, 0.25) is 5.91 Å². The highest BCUT2D eigenvalue weighted by Crippen LogP contribution is 2.32. The fraction of sp³-hybridized carbons (Fsp3) is 0.542. The molecule has 6 nitrogen and oxygen atoms in total. The van der Waals surface area contributed by atoms with Crippen molar-refractivity contribution in [1.82, 2.24) is 10.2 Å². The van der Waals surface area contributed by atoms with Gasteiger partial charge in [-0.1, -0.05) is 37.8 Å². The van der Waals surface area contributed by atoms with Crippen LogP contribution in [0, 0.1) is 5.92 Å². The van der Waals surface area contributed by atoms with Crippen LogP contribution >= 0.6 is 12.2 Å². The smallest absolute Gasteiger partial charge is 0.338 e. The number of hydrogen-bond acceptors (Lipinski definition) is 4. The van der Waals surface area contributed by atoms with Crippen molar-refractivity contribution in [2.45, 2.75) is 71.4 Å². The first kappa shape index (κ1) is 23.3. The van der Waals surface area contributed by atoms with Crippen LogP contribution in [-0.4, -0.2) is 35.0 Å². The van der Waals surface area contributed by atoms with Crippen molar-refractivity contribution in [2.75, 3.05) is 12.4 Å². The van der Waals surface area contributed by atoms with Gasteiger partial charge >= 0.3 is 5.97 Å². The second-order valence-electron chi connectivity index (χ2n) is 8.75. The number of thiocarbonyl (C=S) groups is 1. The zero-order chi connectivity index (χ0) is 22.5. The van der Waals surface area contributed by atoms with Gasteiger partial charge in [-0.3, -0.25) is 4.79 Å². The maximum atomic E-state index is 12.8. The van der Waals surface area contributed by atoms with E-state index in [4.69, 9.17) is 17.0 Å². The minimum Gasteiger partial charge on any atom is -0.459 e. The summed E-state index contributed by atoms with van der Waals surface area (Å²) in [6.45, 7) is 5.53. The molecule has 7 heteroatoms. The Morgan fingerprint density at radius 1 is 1.23 bits per heavy atom. The van der Waals surface area contributed by atoms with Crippen LogP contribution in [0.5, 0.6) is 0 Å². The molecule has 1 amide bonds. The zero-order valence-electron chi connectivity index (χ0n) is 18.9. The van der Waals surface area contributed by atoms with Crippen LogP contribution in [0.2, 0.25) is 0 Å². The number of carbonyl (C=O) groups excluding carboxylic acids is 2. The molecule has 1 aliphatic carbocycles. The van der Waals surface area contributed by atoms with E-state index in [0.29, 0.717) is 23.0 Å². The molecule has 1 saturated carbocycles. The molecule has 1 atom stereocenters. The van der Waals surface area contributed by atoms with E-state index in [2.05, 4.69) is 10.6 Å². The Morgan fingerprint density at radius 3 is 2.48 bits per heavy atom. The monoisotopic (exact) mass is 443 g/mol. The Hall–Kier alpha value is -2.41. The molecular formula is C24H33N3O3S. The van der Waals surface area contributed by atoms with Crippen molar-refractivity contribution in [2.24, 2.45) is 5.92 Å². The fourth-order valence-electron chi connectivity index (χ4n) is 4.24. The quantitative estimate of drug-likeness (QED) is 0.471. The van der Waals surface area contributed by atoms with Crippen molar-refractivity contribution in [1.29, 1.82) is 0 Å². The average molecular weight is 444 g/mol. The second-order valence-corrected chi connectivity index (χ2v) is 9.14. The maximum Gasteiger partial charge on any atom is 0.338 e. The van der Waals surface area contributed by atoms with Gasteiger partial charge in [-0.05, 0) is 63.0 Å². The summed E-state index contributed by atoms with van der Waals surface area (Å²) >= 11 is 5.44. The highest BCUT2D eigenvalue weighted by Gasteiger charge is 2.33. The van der Waals surface area contributed by atoms with Crippen LogP contribution < -0.4 is 10.6 Å². The number of nitrogens with zero attached hydrogens (tertiary/aromatic N) is 1. The summed E-state index contributed by atoms with van der Waals surface area (Å²) in [5, 5.41) is 6.77. The molecule has 31 heavy (non-hydrogen) atoms. The van der Waals surface area contributed by atoms with Crippen molar-refractivity contribution >= 4 is 34.9 Å².